The Morgan fingerprint density at radius 1 is 0.828 bits per heavy atom. The summed E-state index contributed by atoms with van der Waals surface area (Å²) in [5.74, 6) is -0.627. The Balaban J connectivity index is 1.81. The summed E-state index contributed by atoms with van der Waals surface area (Å²) in [7, 11) is 0. The van der Waals surface area contributed by atoms with Gasteiger partial charge in [0, 0.05) is 10.9 Å². The van der Waals surface area contributed by atoms with E-state index in [1.54, 1.807) is 30.3 Å². The fourth-order valence-electron chi connectivity index (χ4n) is 3.15. The van der Waals surface area contributed by atoms with Crippen molar-refractivity contribution < 1.29 is 18.0 Å². The summed E-state index contributed by atoms with van der Waals surface area (Å²) in [4.78, 5) is 17.6. The minimum atomic E-state index is -4.57. The third kappa shape index (κ3) is 3.82. The lowest BCUT2D eigenvalue weighted by molar-refractivity contribution is -0.136. The molecule has 6 heteroatoms. The maximum absolute atomic E-state index is 13.3. The highest BCUT2D eigenvalue weighted by Crippen LogP contribution is 2.35. The predicted molar refractivity (Wildman–Crippen MR) is 107 cm³/mol. The quantitative estimate of drug-likeness (QED) is 0.453. The number of hydrogen-bond donors (Lipinski definition) is 1. The SMILES string of the molecule is O=C(Nc1ccccc1C(F)(F)F)c1cc(-c2ccccc2)nc2ccccc12. The molecule has 3 aromatic carbocycles. The van der Waals surface area contributed by atoms with Crippen molar-refractivity contribution >= 4 is 22.5 Å². The number of nitrogens with zero attached hydrogens (tertiary/aromatic N) is 1. The van der Waals surface area contributed by atoms with Gasteiger partial charge >= 0.3 is 6.18 Å². The fraction of sp³-hybridized carbons (Fsp3) is 0.0435. The number of amides is 1. The first kappa shape index (κ1) is 18.7. The summed E-state index contributed by atoms with van der Waals surface area (Å²) in [6.45, 7) is 0. The van der Waals surface area contributed by atoms with Crippen LogP contribution in [-0.2, 0) is 6.18 Å². The van der Waals surface area contributed by atoms with Crippen LogP contribution in [0.2, 0.25) is 0 Å². The van der Waals surface area contributed by atoms with Gasteiger partial charge in [0.15, 0.2) is 0 Å². The molecule has 0 unspecified atom stereocenters. The van der Waals surface area contributed by atoms with E-state index in [9.17, 15) is 18.0 Å². The van der Waals surface area contributed by atoms with Crippen molar-refractivity contribution in [2.24, 2.45) is 0 Å². The number of halogens is 3. The molecule has 0 atom stereocenters. The molecule has 0 radical (unpaired) electrons. The molecule has 29 heavy (non-hydrogen) atoms. The minimum absolute atomic E-state index is 0.256. The van der Waals surface area contributed by atoms with E-state index in [0.29, 0.717) is 16.6 Å². The van der Waals surface area contributed by atoms with Crippen molar-refractivity contribution in [3.05, 3.63) is 96.1 Å². The van der Waals surface area contributed by atoms with Gasteiger partial charge in [0.1, 0.15) is 0 Å². The van der Waals surface area contributed by atoms with Crippen molar-refractivity contribution in [3.63, 3.8) is 0 Å². The van der Waals surface area contributed by atoms with Gasteiger partial charge in [-0.25, -0.2) is 4.98 Å². The molecule has 4 aromatic rings. The zero-order valence-corrected chi connectivity index (χ0v) is 15.1. The van der Waals surface area contributed by atoms with E-state index >= 15 is 0 Å². The average molecular weight is 392 g/mol. The first-order valence-corrected chi connectivity index (χ1v) is 8.86. The topological polar surface area (TPSA) is 42.0 Å². The highest BCUT2D eigenvalue weighted by Gasteiger charge is 2.33. The molecule has 0 saturated heterocycles. The first-order chi connectivity index (χ1) is 13.9. The van der Waals surface area contributed by atoms with Gasteiger partial charge in [-0.05, 0) is 24.3 Å². The van der Waals surface area contributed by atoms with Gasteiger partial charge in [-0.3, -0.25) is 4.79 Å². The van der Waals surface area contributed by atoms with E-state index in [1.165, 1.54) is 18.2 Å². The number of hydrogen-bond acceptors (Lipinski definition) is 2. The molecule has 0 aliphatic carbocycles. The maximum atomic E-state index is 13.3. The Bertz CT molecular complexity index is 1190. The molecule has 144 valence electrons. The van der Waals surface area contributed by atoms with Gasteiger partial charge in [-0.15, -0.1) is 0 Å². The van der Waals surface area contributed by atoms with Crippen LogP contribution in [0.5, 0.6) is 0 Å². The van der Waals surface area contributed by atoms with Crippen molar-refractivity contribution in [2.45, 2.75) is 6.18 Å². The minimum Gasteiger partial charge on any atom is -0.321 e. The number of fused-ring (bicyclic) bond motifs is 1. The van der Waals surface area contributed by atoms with Gasteiger partial charge in [0.25, 0.3) is 5.91 Å². The molecule has 4 rings (SSSR count). The number of benzene rings is 3. The number of para-hydroxylation sites is 2. The monoisotopic (exact) mass is 392 g/mol. The second-order valence-corrected chi connectivity index (χ2v) is 6.44. The number of pyridine rings is 1. The summed E-state index contributed by atoms with van der Waals surface area (Å²) in [5.41, 5.74) is 1.04. The molecule has 1 N–H and O–H groups in total. The van der Waals surface area contributed by atoms with Crippen LogP contribution in [0.1, 0.15) is 15.9 Å². The molecule has 0 saturated carbocycles. The fourth-order valence-corrected chi connectivity index (χ4v) is 3.15. The highest BCUT2D eigenvalue weighted by molar-refractivity contribution is 6.13. The largest absolute Gasteiger partial charge is 0.418 e. The average Bonchev–Trinajstić information content (AvgIpc) is 2.73. The lowest BCUT2D eigenvalue weighted by atomic mass is 10.0. The van der Waals surface area contributed by atoms with Crippen LogP contribution in [-0.4, -0.2) is 10.9 Å². The molecule has 0 spiro atoms. The molecular formula is C23H15F3N2O. The Hall–Kier alpha value is -3.67. The number of aromatic nitrogens is 1. The summed E-state index contributed by atoms with van der Waals surface area (Å²) in [6.07, 6.45) is -4.57. The summed E-state index contributed by atoms with van der Waals surface area (Å²) in [5, 5.41) is 2.98. The molecule has 3 nitrogen and oxygen atoms in total. The third-order valence-corrected chi connectivity index (χ3v) is 4.51. The molecule has 1 heterocycles. The molecular weight excluding hydrogens is 377 g/mol. The van der Waals surface area contributed by atoms with Gasteiger partial charge in [-0.2, -0.15) is 13.2 Å². The van der Waals surface area contributed by atoms with Gasteiger partial charge < -0.3 is 5.32 Å². The van der Waals surface area contributed by atoms with Crippen molar-refractivity contribution in [1.82, 2.24) is 4.98 Å². The van der Waals surface area contributed by atoms with Crippen LogP contribution in [0, 0.1) is 0 Å². The Labute approximate surface area is 164 Å². The Morgan fingerprint density at radius 2 is 1.48 bits per heavy atom. The molecule has 1 amide bonds. The smallest absolute Gasteiger partial charge is 0.321 e. The van der Waals surface area contributed by atoms with Crippen LogP contribution in [0.3, 0.4) is 0 Å². The van der Waals surface area contributed by atoms with Crippen LogP contribution in [0.4, 0.5) is 18.9 Å². The van der Waals surface area contributed by atoms with E-state index in [2.05, 4.69) is 10.3 Å². The van der Waals surface area contributed by atoms with E-state index in [0.717, 1.165) is 11.6 Å². The normalized spacial score (nSPS) is 11.4. The summed E-state index contributed by atoms with van der Waals surface area (Å²) < 4.78 is 39.8. The second kappa shape index (κ2) is 7.39. The van der Waals surface area contributed by atoms with Crippen molar-refractivity contribution in [1.29, 1.82) is 0 Å². The number of nitrogens with one attached hydrogen (secondary N) is 1. The zero-order chi connectivity index (χ0) is 20.4. The molecule has 0 fully saturated rings. The first-order valence-electron chi connectivity index (χ1n) is 8.86. The highest BCUT2D eigenvalue weighted by atomic mass is 19.4. The third-order valence-electron chi connectivity index (χ3n) is 4.51. The van der Waals surface area contributed by atoms with E-state index in [1.807, 2.05) is 30.3 Å². The van der Waals surface area contributed by atoms with Crippen LogP contribution in [0.25, 0.3) is 22.2 Å². The van der Waals surface area contributed by atoms with Crippen LogP contribution >= 0.6 is 0 Å². The van der Waals surface area contributed by atoms with Crippen molar-refractivity contribution in [3.8, 4) is 11.3 Å². The lowest BCUT2D eigenvalue weighted by Gasteiger charge is -2.15. The number of anilines is 1. The number of rotatable bonds is 3. The molecule has 0 bridgehead atoms. The van der Waals surface area contributed by atoms with Crippen molar-refractivity contribution in [2.75, 3.05) is 5.32 Å². The van der Waals surface area contributed by atoms with E-state index < -0.39 is 17.6 Å². The standard InChI is InChI=1S/C23H15F3N2O/c24-23(25,26)18-11-5-7-13-20(18)28-22(29)17-14-21(15-8-2-1-3-9-15)27-19-12-6-4-10-16(17)19/h1-14H,(H,28,29). The summed E-state index contributed by atoms with van der Waals surface area (Å²) in [6, 6.07) is 22.8. The van der Waals surface area contributed by atoms with Crippen LogP contribution in [0.15, 0.2) is 84.9 Å². The zero-order valence-electron chi connectivity index (χ0n) is 15.1. The Kier molecular flexibility index (Phi) is 4.76. The molecule has 0 aliphatic heterocycles. The van der Waals surface area contributed by atoms with E-state index in [-0.39, 0.29) is 11.3 Å². The maximum Gasteiger partial charge on any atom is 0.418 e. The summed E-state index contributed by atoms with van der Waals surface area (Å²) >= 11 is 0. The number of carbonyl (C=O) groups is 1. The number of alkyl halides is 3. The van der Waals surface area contributed by atoms with Gasteiger partial charge in [0.05, 0.1) is 28.0 Å². The van der Waals surface area contributed by atoms with E-state index in [4.69, 9.17) is 0 Å². The lowest BCUT2D eigenvalue weighted by Crippen LogP contribution is -2.17. The predicted octanol–water partition coefficient (Wildman–Crippen LogP) is 6.17. The second-order valence-electron chi connectivity index (χ2n) is 6.44. The van der Waals surface area contributed by atoms with Gasteiger partial charge in [-0.1, -0.05) is 60.7 Å². The molecule has 0 aliphatic rings. The Morgan fingerprint density at radius 3 is 2.24 bits per heavy atom. The van der Waals surface area contributed by atoms with Gasteiger partial charge in [0.2, 0.25) is 0 Å². The number of carbonyl (C=O) groups excluding carboxylic acids is 1. The molecule has 1 aromatic heterocycles. The van der Waals surface area contributed by atoms with Crippen LogP contribution < -0.4 is 5.32 Å².